The Kier molecular flexibility index (Phi) is 12.8. The molecule has 0 saturated carbocycles. The lowest BCUT2D eigenvalue weighted by Crippen LogP contribution is -2.51. The molecule has 4 N–H and O–H groups in total. The van der Waals surface area contributed by atoms with E-state index in [-0.39, 0.29) is 11.8 Å². The summed E-state index contributed by atoms with van der Waals surface area (Å²) in [6, 6.07) is -1.77. The average Bonchev–Trinajstić information content (AvgIpc) is 2.54. The first kappa shape index (κ1) is 24.8. The highest BCUT2D eigenvalue weighted by molar-refractivity contribution is 5.89. The second-order valence-corrected chi connectivity index (χ2v) is 6.93. The van der Waals surface area contributed by atoms with E-state index in [1.165, 1.54) is 13.8 Å². The van der Waals surface area contributed by atoms with Crippen LogP contribution in [0.3, 0.4) is 0 Å². The largest absolute Gasteiger partial charge is 0.480 e. The molecular formula is C18H34N4O5. The van der Waals surface area contributed by atoms with E-state index in [0.29, 0.717) is 38.6 Å². The summed E-state index contributed by atoms with van der Waals surface area (Å²) < 4.78 is 0. The average molecular weight is 386 g/mol. The van der Waals surface area contributed by atoms with Crippen molar-refractivity contribution in [2.24, 2.45) is 0 Å². The first-order valence-corrected chi connectivity index (χ1v) is 9.33. The maximum atomic E-state index is 12.4. The third kappa shape index (κ3) is 13.7. The highest BCUT2D eigenvalue weighted by Gasteiger charge is 2.25. The zero-order valence-corrected chi connectivity index (χ0v) is 16.8. The number of carboxylic acids is 1. The fraction of sp³-hybridized carbons (Fsp3) is 0.778. The van der Waals surface area contributed by atoms with Crippen LogP contribution in [0, 0.1) is 0 Å². The van der Waals surface area contributed by atoms with Gasteiger partial charge in [-0.25, -0.2) is 4.79 Å². The van der Waals surface area contributed by atoms with Gasteiger partial charge in [0.05, 0.1) is 0 Å². The van der Waals surface area contributed by atoms with E-state index in [1.807, 2.05) is 19.0 Å². The number of rotatable bonds is 14. The Morgan fingerprint density at radius 1 is 0.852 bits per heavy atom. The highest BCUT2D eigenvalue weighted by atomic mass is 16.4. The summed E-state index contributed by atoms with van der Waals surface area (Å²) in [7, 11) is 3.89. The Bertz CT molecular complexity index is 496. The second-order valence-electron chi connectivity index (χ2n) is 6.93. The summed E-state index contributed by atoms with van der Waals surface area (Å²) in [6.45, 7) is 4.09. The SMILES string of the molecule is CC(=O)NCCCC[C@H](NC(C)=O)C(=O)N[C@@H](CCCCN(C)C)C(=O)O. The van der Waals surface area contributed by atoms with Crippen molar-refractivity contribution in [1.82, 2.24) is 20.9 Å². The molecule has 0 radical (unpaired) electrons. The lowest BCUT2D eigenvalue weighted by atomic mass is 10.1. The zero-order valence-electron chi connectivity index (χ0n) is 16.8. The van der Waals surface area contributed by atoms with Gasteiger partial charge in [-0.3, -0.25) is 14.4 Å². The van der Waals surface area contributed by atoms with E-state index in [0.717, 1.165) is 13.0 Å². The topological polar surface area (TPSA) is 128 Å². The Balaban J connectivity index is 4.55. The molecule has 0 fully saturated rings. The molecule has 0 aliphatic carbocycles. The lowest BCUT2D eigenvalue weighted by Gasteiger charge is -2.21. The summed E-state index contributed by atoms with van der Waals surface area (Å²) in [5.74, 6) is -2.05. The minimum Gasteiger partial charge on any atom is -0.480 e. The summed E-state index contributed by atoms with van der Waals surface area (Å²) in [6.07, 6.45) is 3.50. The second kappa shape index (κ2) is 14.0. The summed E-state index contributed by atoms with van der Waals surface area (Å²) in [4.78, 5) is 48.1. The highest BCUT2D eigenvalue weighted by Crippen LogP contribution is 2.06. The number of nitrogens with zero attached hydrogens (tertiary/aromatic N) is 1. The molecule has 9 nitrogen and oxygen atoms in total. The van der Waals surface area contributed by atoms with Gasteiger partial charge in [0.2, 0.25) is 17.7 Å². The summed E-state index contributed by atoms with van der Waals surface area (Å²) in [5, 5.41) is 17.1. The van der Waals surface area contributed by atoms with Crippen molar-refractivity contribution in [3.8, 4) is 0 Å². The van der Waals surface area contributed by atoms with Crippen LogP contribution >= 0.6 is 0 Å². The van der Waals surface area contributed by atoms with Gasteiger partial charge < -0.3 is 26.0 Å². The van der Waals surface area contributed by atoms with Crippen LogP contribution in [0.5, 0.6) is 0 Å². The first-order valence-electron chi connectivity index (χ1n) is 9.33. The lowest BCUT2D eigenvalue weighted by molar-refractivity contribution is -0.142. The fourth-order valence-electron chi connectivity index (χ4n) is 2.56. The molecule has 156 valence electrons. The Hall–Kier alpha value is -2.16. The standard InChI is InChI=1S/C18H34N4O5/c1-13(23)19-11-7-5-9-15(20-14(2)24)17(25)21-16(18(26)27)10-6-8-12-22(3)4/h15-16H,5-12H2,1-4H3,(H,19,23)(H,20,24)(H,21,25)(H,26,27)/t15-,16-/m0/s1. The molecule has 2 atom stereocenters. The van der Waals surface area contributed by atoms with E-state index in [4.69, 9.17) is 0 Å². The number of hydrogen-bond donors (Lipinski definition) is 4. The summed E-state index contributed by atoms with van der Waals surface area (Å²) in [5.41, 5.74) is 0. The monoisotopic (exact) mass is 386 g/mol. The molecule has 0 unspecified atom stereocenters. The Morgan fingerprint density at radius 3 is 1.96 bits per heavy atom. The molecule has 0 aliphatic rings. The van der Waals surface area contributed by atoms with Crippen LogP contribution in [0.1, 0.15) is 52.4 Å². The van der Waals surface area contributed by atoms with E-state index in [1.54, 1.807) is 0 Å². The van der Waals surface area contributed by atoms with Crippen molar-refractivity contribution in [2.75, 3.05) is 27.2 Å². The molecule has 3 amide bonds. The van der Waals surface area contributed by atoms with Crippen molar-refractivity contribution in [2.45, 2.75) is 64.5 Å². The number of unbranched alkanes of at least 4 members (excludes halogenated alkanes) is 2. The molecule has 27 heavy (non-hydrogen) atoms. The number of carbonyl (C=O) groups is 4. The number of carbonyl (C=O) groups excluding carboxylic acids is 3. The van der Waals surface area contributed by atoms with Gasteiger partial charge in [0.1, 0.15) is 12.1 Å². The molecule has 0 aromatic carbocycles. The van der Waals surface area contributed by atoms with E-state index >= 15 is 0 Å². The maximum Gasteiger partial charge on any atom is 0.326 e. The number of aliphatic carboxylic acids is 1. The number of carboxylic acid groups (broad SMARTS) is 1. The number of amides is 3. The quantitative estimate of drug-likeness (QED) is 0.314. The van der Waals surface area contributed by atoms with Crippen LogP contribution in [0.2, 0.25) is 0 Å². The zero-order chi connectivity index (χ0) is 20.8. The van der Waals surface area contributed by atoms with Gasteiger partial charge >= 0.3 is 5.97 Å². The predicted molar refractivity (Wildman–Crippen MR) is 102 cm³/mol. The van der Waals surface area contributed by atoms with Gasteiger partial charge in [-0.05, 0) is 59.2 Å². The number of hydrogen-bond acceptors (Lipinski definition) is 5. The molecular weight excluding hydrogens is 352 g/mol. The molecule has 0 aromatic rings. The third-order valence-corrected chi connectivity index (χ3v) is 3.95. The van der Waals surface area contributed by atoms with Crippen molar-refractivity contribution in [1.29, 1.82) is 0 Å². The van der Waals surface area contributed by atoms with Crippen LogP contribution < -0.4 is 16.0 Å². The van der Waals surface area contributed by atoms with Crippen molar-refractivity contribution in [3.05, 3.63) is 0 Å². The molecule has 0 aromatic heterocycles. The normalized spacial score (nSPS) is 12.9. The Morgan fingerprint density at radius 2 is 1.44 bits per heavy atom. The van der Waals surface area contributed by atoms with E-state index in [9.17, 15) is 24.3 Å². The van der Waals surface area contributed by atoms with E-state index < -0.39 is 24.0 Å². The molecule has 0 spiro atoms. The van der Waals surface area contributed by atoms with Crippen LogP contribution in [0.15, 0.2) is 0 Å². The van der Waals surface area contributed by atoms with Gasteiger partial charge in [-0.1, -0.05) is 0 Å². The van der Waals surface area contributed by atoms with Gasteiger partial charge in [-0.15, -0.1) is 0 Å². The van der Waals surface area contributed by atoms with Gasteiger partial charge in [0.15, 0.2) is 0 Å². The maximum absolute atomic E-state index is 12.4. The first-order chi connectivity index (χ1) is 12.6. The molecule has 0 bridgehead atoms. The van der Waals surface area contributed by atoms with Crippen LogP contribution in [0.4, 0.5) is 0 Å². The molecule has 0 rings (SSSR count). The van der Waals surface area contributed by atoms with Gasteiger partial charge in [0, 0.05) is 20.4 Å². The molecule has 0 aliphatic heterocycles. The van der Waals surface area contributed by atoms with Gasteiger partial charge in [-0.2, -0.15) is 0 Å². The Labute approximate surface area is 161 Å². The van der Waals surface area contributed by atoms with Crippen molar-refractivity contribution in [3.63, 3.8) is 0 Å². The van der Waals surface area contributed by atoms with Crippen molar-refractivity contribution < 1.29 is 24.3 Å². The third-order valence-electron chi connectivity index (χ3n) is 3.95. The van der Waals surface area contributed by atoms with E-state index in [2.05, 4.69) is 16.0 Å². The minimum atomic E-state index is -1.08. The fourth-order valence-corrected chi connectivity index (χ4v) is 2.56. The number of nitrogens with one attached hydrogen (secondary N) is 3. The molecule has 0 saturated heterocycles. The smallest absolute Gasteiger partial charge is 0.326 e. The van der Waals surface area contributed by atoms with Crippen LogP contribution in [0.25, 0.3) is 0 Å². The predicted octanol–water partition coefficient (Wildman–Crippen LogP) is 0.0988. The molecule has 9 heteroatoms. The van der Waals surface area contributed by atoms with Crippen LogP contribution in [-0.4, -0.2) is 73.0 Å². The minimum absolute atomic E-state index is 0.121. The van der Waals surface area contributed by atoms with Crippen LogP contribution in [-0.2, 0) is 19.2 Å². The molecule has 0 heterocycles. The summed E-state index contributed by atoms with van der Waals surface area (Å²) >= 11 is 0. The van der Waals surface area contributed by atoms with Crippen molar-refractivity contribution >= 4 is 23.7 Å². The van der Waals surface area contributed by atoms with Gasteiger partial charge in [0.25, 0.3) is 0 Å².